The highest BCUT2D eigenvalue weighted by atomic mass is 16.5. The molecule has 2 rings (SSSR count). The summed E-state index contributed by atoms with van der Waals surface area (Å²) in [4.78, 5) is 0. The summed E-state index contributed by atoms with van der Waals surface area (Å²) in [5.74, 6) is 4.44. The van der Waals surface area contributed by atoms with Crippen molar-refractivity contribution in [3.63, 3.8) is 0 Å². The fraction of sp³-hybridized carbons (Fsp3) is 1.00. The van der Waals surface area contributed by atoms with Crippen molar-refractivity contribution in [2.45, 2.75) is 109 Å². The highest BCUT2D eigenvalue weighted by molar-refractivity contribution is 5.75. The number of ether oxygens (including phenoxy) is 2. The maximum Gasteiger partial charge on any atom is 0.0749 e. The molecular weight excluding hydrogens is 367 g/mol. The Bertz CT molecular complexity index is 382. The molecular formula is C27H56BO2. The van der Waals surface area contributed by atoms with Crippen LogP contribution in [0.15, 0.2) is 0 Å². The van der Waals surface area contributed by atoms with E-state index in [1.165, 1.54) is 6.42 Å². The first-order valence-corrected chi connectivity index (χ1v) is 12.3. The van der Waals surface area contributed by atoms with Crippen LogP contribution in [0.3, 0.4) is 0 Å². The lowest BCUT2D eigenvalue weighted by Crippen LogP contribution is -2.52. The second-order valence-electron chi connectivity index (χ2n) is 12.0. The zero-order valence-corrected chi connectivity index (χ0v) is 23.2. The van der Waals surface area contributed by atoms with Crippen molar-refractivity contribution in [2.24, 2.45) is 46.3 Å². The van der Waals surface area contributed by atoms with Crippen LogP contribution in [0.25, 0.3) is 0 Å². The van der Waals surface area contributed by atoms with Crippen molar-refractivity contribution in [1.29, 1.82) is 0 Å². The van der Waals surface area contributed by atoms with Gasteiger partial charge in [-0.05, 0) is 40.9 Å². The summed E-state index contributed by atoms with van der Waals surface area (Å²) in [7, 11) is 0. The van der Waals surface area contributed by atoms with Gasteiger partial charge in [0.1, 0.15) is 0 Å². The third kappa shape index (κ3) is 7.54. The van der Waals surface area contributed by atoms with Gasteiger partial charge in [0, 0.05) is 20.2 Å². The lowest BCUT2D eigenvalue weighted by molar-refractivity contribution is -0.200. The minimum Gasteiger partial charge on any atom is -0.380 e. The summed E-state index contributed by atoms with van der Waals surface area (Å²) in [5.41, 5.74) is 1.22. The molecule has 2 aliphatic rings. The Morgan fingerprint density at radius 3 is 0.967 bits per heavy atom. The van der Waals surface area contributed by atoms with E-state index in [0.29, 0.717) is 22.7 Å². The van der Waals surface area contributed by atoms with Gasteiger partial charge in [0.25, 0.3) is 0 Å². The average molecular weight is 424 g/mol. The predicted molar refractivity (Wildman–Crippen MR) is 135 cm³/mol. The van der Waals surface area contributed by atoms with E-state index in [-0.39, 0.29) is 14.0 Å². The van der Waals surface area contributed by atoms with Gasteiger partial charge >= 0.3 is 0 Å². The van der Waals surface area contributed by atoms with E-state index in [0.717, 1.165) is 43.5 Å². The van der Waals surface area contributed by atoms with Crippen molar-refractivity contribution in [3.05, 3.63) is 0 Å². The van der Waals surface area contributed by atoms with Crippen molar-refractivity contribution in [1.82, 2.24) is 0 Å². The molecule has 2 fully saturated rings. The van der Waals surface area contributed by atoms with E-state index in [4.69, 9.17) is 9.47 Å². The molecule has 0 spiro atoms. The predicted octanol–water partition coefficient (Wildman–Crippen LogP) is 7.72. The number of hydrogen-bond donors (Lipinski definition) is 0. The van der Waals surface area contributed by atoms with Crippen LogP contribution >= 0.6 is 0 Å². The Hall–Kier alpha value is -0.0151. The van der Waals surface area contributed by atoms with Crippen LogP contribution in [0.2, 0.25) is 0 Å². The zero-order chi connectivity index (χ0) is 23.2. The Morgan fingerprint density at radius 2 is 0.967 bits per heavy atom. The van der Waals surface area contributed by atoms with Crippen molar-refractivity contribution in [3.8, 4) is 0 Å². The number of rotatable bonds is 6. The van der Waals surface area contributed by atoms with Gasteiger partial charge in [0.05, 0.1) is 25.4 Å². The minimum atomic E-state index is 0. The van der Waals surface area contributed by atoms with E-state index in [1.807, 2.05) is 0 Å². The standard InChI is InChI=1S/2C9H18O.C9H20.B/c1-7(2)9(8(3)4)5-10-6-9;1-7(2)9(8(3)4)5-6-10-9;1-7(2)9(5,6)8(3)4;/h2*7-8H,5-6H2,1-4H3;7-8H,1-6H3;. The van der Waals surface area contributed by atoms with Gasteiger partial charge in [-0.2, -0.15) is 0 Å². The van der Waals surface area contributed by atoms with Gasteiger partial charge in [-0.15, -0.1) is 0 Å². The van der Waals surface area contributed by atoms with Gasteiger partial charge < -0.3 is 9.47 Å². The van der Waals surface area contributed by atoms with Crippen molar-refractivity contribution < 1.29 is 9.47 Å². The molecule has 0 unspecified atom stereocenters. The van der Waals surface area contributed by atoms with Gasteiger partial charge in [0.2, 0.25) is 0 Å². The molecule has 0 amide bonds. The van der Waals surface area contributed by atoms with Gasteiger partial charge in [-0.25, -0.2) is 0 Å². The monoisotopic (exact) mass is 423 g/mol. The summed E-state index contributed by atoms with van der Waals surface area (Å²) in [6, 6.07) is 0. The Kier molecular flexibility index (Phi) is 13.8. The van der Waals surface area contributed by atoms with Crippen LogP contribution in [0, 0.1) is 46.3 Å². The van der Waals surface area contributed by atoms with E-state index in [9.17, 15) is 0 Å². The maximum atomic E-state index is 5.64. The minimum absolute atomic E-state index is 0. The molecule has 0 atom stereocenters. The van der Waals surface area contributed by atoms with E-state index in [2.05, 4.69) is 96.9 Å². The molecule has 0 aromatic carbocycles. The summed E-state index contributed by atoms with van der Waals surface area (Å²) >= 11 is 0. The fourth-order valence-electron chi connectivity index (χ4n) is 4.25. The highest BCUT2D eigenvalue weighted by Gasteiger charge is 2.44. The van der Waals surface area contributed by atoms with E-state index in [1.54, 1.807) is 0 Å². The molecule has 0 N–H and O–H groups in total. The number of hydrogen-bond acceptors (Lipinski definition) is 2. The smallest absolute Gasteiger partial charge is 0.0749 e. The summed E-state index contributed by atoms with van der Waals surface area (Å²) in [5, 5.41) is 0. The molecule has 0 aromatic rings. The first-order valence-electron chi connectivity index (χ1n) is 12.3. The van der Waals surface area contributed by atoms with Crippen LogP contribution in [0.4, 0.5) is 0 Å². The topological polar surface area (TPSA) is 18.5 Å². The Morgan fingerprint density at radius 1 is 0.633 bits per heavy atom. The van der Waals surface area contributed by atoms with E-state index < -0.39 is 0 Å². The molecule has 2 nitrogen and oxygen atoms in total. The zero-order valence-electron chi connectivity index (χ0n) is 23.2. The second-order valence-corrected chi connectivity index (χ2v) is 12.0. The summed E-state index contributed by atoms with van der Waals surface area (Å²) in [6.45, 7) is 34.9. The lowest BCUT2D eigenvalue weighted by atomic mass is 9.67. The first-order chi connectivity index (χ1) is 13.1. The largest absolute Gasteiger partial charge is 0.380 e. The van der Waals surface area contributed by atoms with Gasteiger partial charge in [0.15, 0.2) is 0 Å². The molecule has 2 aliphatic heterocycles. The van der Waals surface area contributed by atoms with E-state index >= 15 is 0 Å². The van der Waals surface area contributed by atoms with Crippen LogP contribution < -0.4 is 0 Å². The van der Waals surface area contributed by atoms with Gasteiger partial charge in [-0.3, -0.25) is 0 Å². The normalized spacial score (nSPS) is 19.6. The maximum absolute atomic E-state index is 5.64. The van der Waals surface area contributed by atoms with Crippen molar-refractivity contribution >= 4 is 8.41 Å². The van der Waals surface area contributed by atoms with Crippen LogP contribution in [0.5, 0.6) is 0 Å². The molecule has 3 radical (unpaired) electrons. The molecule has 0 aliphatic carbocycles. The van der Waals surface area contributed by atoms with Crippen LogP contribution in [0.1, 0.15) is 103 Å². The molecule has 30 heavy (non-hydrogen) atoms. The molecule has 2 saturated heterocycles. The van der Waals surface area contributed by atoms with Crippen molar-refractivity contribution in [2.75, 3.05) is 19.8 Å². The summed E-state index contributed by atoms with van der Waals surface area (Å²) < 4.78 is 10.9. The Labute approximate surface area is 193 Å². The first kappa shape index (κ1) is 32.2. The molecule has 0 bridgehead atoms. The van der Waals surface area contributed by atoms with Crippen LogP contribution in [-0.2, 0) is 9.47 Å². The quantitative estimate of drug-likeness (QED) is 0.407. The van der Waals surface area contributed by atoms with Gasteiger partial charge in [-0.1, -0.05) is 96.9 Å². The van der Waals surface area contributed by atoms with Crippen LogP contribution in [-0.4, -0.2) is 33.8 Å². The molecule has 0 saturated carbocycles. The summed E-state index contributed by atoms with van der Waals surface area (Å²) in [6.07, 6.45) is 1.25. The third-order valence-electron chi connectivity index (χ3n) is 8.84. The Balaban J connectivity index is 0. The highest BCUT2D eigenvalue weighted by Crippen LogP contribution is 2.42. The fourth-order valence-corrected chi connectivity index (χ4v) is 4.25. The third-order valence-corrected chi connectivity index (χ3v) is 8.84. The lowest BCUT2D eigenvalue weighted by Gasteiger charge is -2.48. The molecule has 3 heteroatoms. The second kappa shape index (κ2) is 12.9. The average Bonchev–Trinajstić information content (AvgIpc) is 2.43. The SMILES string of the molecule is CC(C)C(C)(C)C(C)C.CC(C)C1(C(C)C)CCO1.CC(C)C1(C(C)C)COC1.[B]. The molecule has 179 valence electrons. The molecule has 2 heterocycles. The molecule has 0 aromatic heterocycles.